The maximum Gasteiger partial charge on any atom is 0.191 e. The zero-order valence-corrected chi connectivity index (χ0v) is 15.4. The Kier molecular flexibility index (Phi) is 6.37. The van der Waals surface area contributed by atoms with Crippen molar-refractivity contribution in [1.82, 2.24) is 5.43 Å². The number of rotatable bonds is 5. The van der Waals surface area contributed by atoms with Gasteiger partial charge in [0.15, 0.2) is 5.11 Å². The number of aromatic hydroxyl groups is 1. The molecule has 0 radical (unpaired) electrons. The number of thiocarbonyl (C=S) groups is 1. The molecule has 0 aliphatic carbocycles. The van der Waals surface area contributed by atoms with Crippen LogP contribution in [0.1, 0.15) is 5.56 Å². The summed E-state index contributed by atoms with van der Waals surface area (Å²) in [5.74, 6) is -0.303. The van der Waals surface area contributed by atoms with Gasteiger partial charge in [-0.15, -0.1) is 0 Å². The Hall–Kier alpha value is -3.65. The molecule has 3 aromatic carbocycles. The monoisotopic (exact) mass is 393 g/mol. The summed E-state index contributed by atoms with van der Waals surface area (Å²) >= 11 is 5.16. The summed E-state index contributed by atoms with van der Waals surface area (Å²) in [6.45, 7) is 0. The van der Waals surface area contributed by atoms with Crippen molar-refractivity contribution in [1.29, 1.82) is 0 Å². The molecule has 140 valence electrons. The van der Waals surface area contributed by atoms with Crippen LogP contribution in [-0.2, 0) is 0 Å². The maximum absolute atomic E-state index is 12.9. The lowest BCUT2D eigenvalue weighted by atomic mass is 10.2. The number of nitrogens with zero attached hydrogens (tertiary/aromatic N) is 3. The summed E-state index contributed by atoms with van der Waals surface area (Å²) in [6, 6.07) is 19.8. The number of anilines is 1. The van der Waals surface area contributed by atoms with E-state index in [4.69, 9.17) is 12.2 Å². The number of nitrogens with one attached hydrogen (secondary N) is 2. The van der Waals surface area contributed by atoms with E-state index in [1.54, 1.807) is 12.1 Å². The van der Waals surface area contributed by atoms with Crippen molar-refractivity contribution in [3.05, 3.63) is 84.2 Å². The average Bonchev–Trinajstić information content (AvgIpc) is 2.70. The fraction of sp³-hybridized carbons (Fsp3) is 0. The van der Waals surface area contributed by atoms with Crippen molar-refractivity contribution in [2.45, 2.75) is 0 Å². The van der Waals surface area contributed by atoms with Gasteiger partial charge in [0.1, 0.15) is 11.6 Å². The van der Waals surface area contributed by atoms with E-state index in [1.165, 1.54) is 36.5 Å². The second-order valence-corrected chi connectivity index (χ2v) is 6.02. The first kappa shape index (κ1) is 19.1. The molecule has 6 nitrogen and oxygen atoms in total. The van der Waals surface area contributed by atoms with Gasteiger partial charge in [-0.05, 0) is 66.8 Å². The van der Waals surface area contributed by atoms with E-state index in [9.17, 15) is 9.50 Å². The number of phenolic OH excluding ortho intramolecular Hbond substituents is 1. The van der Waals surface area contributed by atoms with Crippen molar-refractivity contribution in [2.24, 2.45) is 15.3 Å². The third-order valence-electron chi connectivity index (χ3n) is 3.52. The number of hydrazone groups is 1. The van der Waals surface area contributed by atoms with Gasteiger partial charge in [-0.2, -0.15) is 15.3 Å². The number of benzene rings is 3. The van der Waals surface area contributed by atoms with Crippen molar-refractivity contribution in [2.75, 3.05) is 5.32 Å². The first-order valence-electron chi connectivity index (χ1n) is 8.25. The Balaban J connectivity index is 1.63. The second-order valence-electron chi connectivity index (χ2n) is 5.61. The molecule has 8 heteroatoms. The number of azo groups is 1. The molecule has 0 bridgehead atoms. The van der Waals surface area contributed by atoms with Crippen LogP contribution in [0.5, 0.6) is 5.75 Å². The van der Waals surface area contributed by atoms with Crippen LogP contribution in [0.25, 0.3) is 0 Å². The predicted octanol–water partition coefficient (Wildman–Crippen LogP) is 5.27. The molecule has 0 fully saturated rings. The standard InChI is InChI=1S/C20H16FN5OS/c21-15-6-8-17(9-7-15)24-25-18-10-11-19(27)14(12-18)13-22-26-20(28)23-16-4-2-1-3-5-16/h1-13,27H,(H2,23,26,28)/b22-13+,25-24?. The molecule has 0 spiro atoms. The van der Waals surface area contributed by atoms with Crippen LogP contribution in [-0.4, -0.2) is 16.4 Å². The highest BCUT2D eigenvalue weighted by Crippen LogP contribution is 2.24. The third kappa shape index (κ3) is 5.68. The first-order chi connectivity index (χ1) is 13.6. The lowest BCUT2D eigenvalue weighted by Gasteiger charge is -2.06. The average molecular weight is 393 g/mol. The maximum atomic E-state index is 12.9. The van der Waals surface area contributed by atoms with E-state index in [0.717, 1.165) is 5.69 Å². The highest BCUT2D eigenvalue weighted by molar-refractivity contribution is 7.80. The quantitative estimate of drug-likeness (QED) is 0.239. The Labute approximate surface area is 166 Å². The lowest BCUT2D eigenvalue weighted by molar-refractivity contribution is 0.474. The summed E-state index contributed by atoms with van der Waals surface area (Å²) in [4.78, 5) is 0. The van der Waals surface area contributed by atoms with E-state index in [0.29, 0.717) is 22.1 Å². The molecule has 0 saturated carbocycles. The third-order valence-corrected chi connectivity index (χ3v) is 3.71. The van der Waals surface area contributed by atoms with E-state index in [2.05, 4.69) is 26.1 Å². The zero-order valence-electron chi connectivity index (χ0n) is 14.6. The normalized spacial score (nSPS) is 11.0. The second kappa shape index (κ2) is 9.33. The Bertz CT molecular complexity index is 1010. The van der Waals surface area contributed by atoms with Gasteiger partial charge in [0.2, 0.25) is 0 Å². The van der Waals surface area contributed by atoms with Crippen LogP contribution in [0.15, 0.2) is 88.1 Å². The van der Waals surface area contributed by atoms with Crippen molar-refractivity contribution in [3.63, 3.8) is 0 Å². The Morgan fingerprint density at radius 1 is 0.929 bits per heavy atom. The molecule has 3 aromatic rings. The van der Waals surface area contributed by atoms with Gasteiger partial charge in [0, 0.05) is 11.3 Å². The summed E-state index contributed by atoms with van der Waals surface area (Å²) in [7, 11) is 0. The molecular weight excluding hydrogens is 377 g/mol. The van der Waals surface area contributed by atoms with Crippen LogP contribution >= 0.6 is 12.2 Å². The summed E-state index contributed by atoms with van der Waals surface area (Å²) in [5, 5.41) is 25.4. The SMILES string of the molecule is Oc1ccc(N=Nc2ccc(F)cc2)cc1/C=N/NC(=S)Nc1ccccc1. The molecule has 0 unspecified atom stereocenters. The molecule has 0 amide bonds. The van der Waals surface area contributed by atoms with Crippen molar-refractivity contribution >= 4 is 40.6 Å². The first-order valence-corrected chi connectivity index (χ1v) is 8.66. The minimum Gasteiger partial charge on any atom is -0.507 e. The molecular formula is C20H16FN5OS. The van der Waals surface area contributed by atoms with Crippen LogP contribution < -0.4 is 10.7 Å². The van der Waals surface area contributed by atoms with Gasteiger partial charge in [-0.1, -0.05) is 18.2 Å². The largest absolute Gasteiger partial charge is 0.507 e. The zero-order chi connectivity index (χ0) is 19.8. The topological polar surface area (TPSA) is 81.4 Å². The van der Waals surface area contributed by atoms with Crippen molar-refractivity contribution in [3.8, 4) is 5.75 Å². The minimum absolute atomic E-state index is 0.0354. The van der Waals surface area contributed by atoms with Gasteiger partial charge in [0.25, 0.3) is 0 Å². The summed E-state index contributed by atoms with van der Waals surface area (Å²) in [5.41, 5.74) is 4.97. The highest BCUT2D eigenvalue weighted by Gasteiger charge is 2.01. The fourth-order valence-corrected chi connectivity index (χ4v) is 2.34. The Morgan fingerprint density at radius 2 is 1.61 bits per heavy atom. The molecule has 0 heterocycles. The van der Waals surface area contributed by atoms with Crippen LogP contribution in [0, 0.1) is 5.82 Å². The van der Waals surface area contributed by atoms with Gasteiger partial charge in [-0.25, -0.2) is 4.39 Å². The molecule has 0 aliphatic heterocycles. The van der Waals surface area contributed by atoms with Gasteiger partial charge < -0.3 is 10.4 Å². The van der Waals surface area contributed by atoms with Crippen LogP contribution in [0.2, 0.25) is 0 Å². The molecule has 3 rings (SSSR count). The number of halogens is 1. The lowest BCUT2D eigenvalue weighted by Crippen LogP contribution is -2.23. The number of hydrogen-bond acceptors (Lipinski definition) is 5. The van der Waals surface area contributed by atoms with Gasteiger partial charge in [-0.3, -0.25) is 5.43 Å². The molecule has 0 aliphatic rings. The van der Waals surface area contributed by atoms with Crippen LogP contribution in [0.3, 0.4) is 0 Å². The highest BCUT2D eigenvalue weighted by atomic mass is 32.1. The molecule has 28 heavy (non-hydrogen) atoms. The molecule has 0 aromatic heterocycles. The summed E-state index contributed by atoms with van der Waals surface area (Å²) in [6.07, 6.45) is 1.42. The van der Waals surface area contributed by atoms with Gasteiger partial charge in [0.05, 0.1) is 17.6 Å². The summed E-state index contributed by atoms with van der Waals surface area (Å²) < 4.78 is 12.9. The van der Waals surface area contributed by atoms with E-state index >= 15 is 0 Å². The molecule has 0 atom stereocenters. The van der Waals surface area contributed by atoms with E-state index in [1.807, 2.05) is 30.3 Å². The number of hydrogen-bond donors (Lipinski definition) is 3. The predicted molar refractivity (Wildman–Crippen MR) is 112 cm³/mol. The van der Waals surface area contributed by atoms with Crippen LogP contribution in [0.4, 0.5) is 21.5 Å². The van der Waals surface area contributed by atoms with Crippen molar-refractivity contribution < 1.29 is 9.50 Å². The Morgan fingerprint density at radius 3 is 2.36 bits per heavy atom. The van der Waals surface area contributed by atoms with Gasteiger partial charge >= 0.3 is 0 Å². The number of para-hydroxylation sites is 1. The minimum atomic E-state index is -0.339. The molecule has 3 N–H and O–H groups in total. The molecule has 0 saturated heterocycles. The van der Waals surface area contributed by atoms with E-state index < -0.39 is 0 Å². The smallest absolute Gasteiger partial charge is 0.191 e. The fourth-order valence-electron chi connectivity index (χ4n) is 2.17. The number of phenols is 1. The van der Waals surface area contributed by atoms with E-state index in [-0.39, 0.29) is 11.6 Å².